The monoisotopic (exact) mass is 483 g/mol. The summed E-state index contributed by atoms with van der Waals surface area (Å²) in [6, 6.07) is 0. The Bertz CT molecular complexity index is 529. The molecule has 0 amide bonds. The van der Waals surface area contributed by atoms with Crippen molar-refractivity contribution in [2.45, 2.75) is 132 Å². The van der Waals surface area contributed by atoms with Crippen LogP contribution in [-0.4, -0.2) is 35.3 Å². The van der Waals surface area contributed by atoms with Gasteiger partial charge in [-0.3, -0.25) is 0 Å². The average molecular weight is 484 g/mol. The number of aliphatic hydroxyl groups excluding tert-OH is 1. The smallest absolute Gasteiger partial charge is 0.0571 e. The molecule has 204 valence electrons. The maximum atomic E-state index is 9.52. The lowest BCUT2D eigenvalue weighted by atomic mass is 9.81. The summed E-state index contributed by atoms with van der Waals surface area (Å²) in [7, 11) is 0. The van der Waals surface area contributed by atoms with Gasteiger partial charge in [0.05, 0.1) is 6.10 Å². The zero-order valence-corrected chi connectivity index (χ0v) is 22.5. The summed E-state index contributed by atoms with van der Waals surface area (Å²) in [5, 5.41) is 13.0. The molecule has 0 aromatic rings. The van der Waals surface area contributed by atoms with Gasteiger partial charge in [-0.25, -0.2) is 0 Å². The van der Waals surface area contributed by atoms with Crippen LogP contribution in [0.3, 0.4) is 0 Å². The SMILES string of the molecule is C.CC.CCC.CCCCCNCCCCC1=C=C=CC=C1.O.O.OC1CCC2CCCCC12. The van der Waals surface area contributed by atoms with Crippen molar-refractivity contribution < 1.29 is 16.1 Å². The first-order valence-corrected chi connectivity index (χ1v) is 13.5. The van der Waals surface area contributed by atoms with Crippen LogP contribution in [0, 0.1) is 11.8 Å². The second kappa shape index (κ2) is 29.9. The highest BCUT2D eigenvalue weighted by Gasteiger charge is 2.35. The van der Waals surface area contributed by atoms with Crippen molar-refractivity contribution in [2.75, 3.05) is 13.1 Å². The van der Waals surface area contributed by atoms with Crippen molar-refractivity contribution in [3.05, 3.63) is 35.3 Å². The molecule has 4 nitrogen and oxygen atoms in total. The van der Waals surface area contributed by atoms with Crippen LogP contribution in [0.15, 0.2) is 35.3 Å². The first-order chi connectivity index (χ1) is 15.2. The molecule has 0 heterocycles. The van der Waals surface area contributed by atoms with Crippen molar-refractivity contribution in [2.24, 2.45) is 11.8 Å². The predicted octanol–water partition coefficient (Wildman–Crippen LogP) is 7.12. The first-order valence-electron chi connectivity index (χ1n) is 13.5. The fraction of sp³-hybridized carbons (Fsp3) is 0.800. The van der Waals surface area contributed by atoms with Crippen LogP contribution >= 0.6 is 0 Å². The van der Waals surface area contributed by atoms with E-state index < -0.39 is 0 Å². The van der Waals surface area contributed by atoms with Gasteiger partial charge in [-0.1, -0.05) is 104 Å². The molecule has 3 aliphatic carbocycles. The summed E-state index contributed by atoms with van der Waals surface area (Å²) in [5.74, 6) is 1.58. The van der Waals surface area contributed by atoms with Crippen molar-refractivity contribution in [1.82, 2.24) is 5.32 Å². The number of hydrogen-bond donors (Lipinski definition) is 2. The molecule has 0 aromatic heterocycles. The third kappa shape index (κ3) is 20.3. The van der Waals surface area contributed by atoms with E-state index in [9.17, 15) is 5.11 Å². The Morgan fingerprint density at radius 3 is 2.09 bits per heavy atom. The molecule has 0 spiro atoms. The molecule has 2 fully saturated rings. The lowest BCUT2D eigenvalue weighted by Gasteiger charge is -2.26. The van der Waals surface area contributed by atoms with Gasteiger partial charge in [0.1, 0.15) is 0 Å². The summed E-state index contributed by atoms with van der Waals surface area (Å²) >= 11 is 0. The number of fused-ring (bicyclic) bond motifs is 1. The Morgan fingerprint density at radius 2 is 1.53 bits per heavy atom. The Balaban J connectivity index is -0.000000216. The lowest BCUT2D eigenvalue weighted by molar-refractivity contribution is 0.0963. The van der Waals surface area contributed by atoms with E-state index in [1.165, 1.54) is 82.7 Å². The fourth-order valence-electron chi connectivity index (χ4n) is 4.42. The summed E-state index contributed by atoms with van der Waals surface area (Å²) in [4.78, 5) is 0. The van der Waals surface area contributed by atoms with Crippen molar-refractivity contribution in [3.63, 3.8) is 0 Å². The summed E-state index contributed by atoms with van der Waals surface area (Å²) in [6.07, 6.45) is 22.8. The predicted molar refractivity (Wildman–Crippen MR) is 152 cm³/mol. The molecule has 3 aliphatic rings. The fourth-order valence-corrected chi connectivity index (χ4v) is 4.42. The molecular weight excluding hydrogens is 422 g/mol. The van der Waals surface area contributed by atoms with Gasteiger partial charge < -0.3 is 21.4 Å². The van der Waals surface area contributed by atoms with Crippen molar-refractivity contribution in [3.8, 4) is 0 Å². The van der Waals surface area contributed by atoms with Gasteiger partial charge in [0.15, 0.2) is 0 Å². The molecule has 0 aliphatic heterocycles. The number of allylic oxidation sites excluding steroid dienone is 4. The van der Waals surface area contributed by atoms with Crippen LogP contribution in [0.25, 0.3) is 0 Å². The molecule has 6 N–H and O–H groups in total. The van der Waals surface area contributed by atoms with Crippen LogP contribution in [0.4, 0.5) is 0 Å². The van der Waals surface area contributed by atoms with Crippen molar-refractivity contribution >= 4 is 0 Å². The van der Waals surface area contributed by atoms with Crippen LogP contribution in [0.5, 0.6) is 0 Å². The largest absolute Gasteiger partial charge is 0.412 e. The second-order valence-corrected chi connectivity index (χ2v) is 8.79. The van der Waals surface area contributed by atoms with Gasteiger partial charge in [0.25, 0.3) is 0 Å². The highest BCUT2D eigenvalue weighted by atomic mass is 16.3. The normalized spacial score (nSPS) is 20.8. The van der Waals surface area contributed by atoms with Gasteiger partial charge in [0.2, 0.25) is 0 Å². The van der Waals surface area contributed by atoms with E-state index in [-0.39, 0.29) is 24.5 Å². The Morgan fingerprint density at radius 1 is 0.912 bits per heavy atom. The molecule has 0 saturated heterocycles. The molecule has 3 rings (SSSR count). The van der Waals surface area contributed by atoms with Crippen LogP contribution in [0.1, 0.15) is 126 Å². The highest BCUT2D eigenvalue weighted by molar-refractivity contribution is 5.25. The van der Waals surface area contributed by atoms with Gasteiger partial charge >= 0.3 is 0 Å². The molecule has 4 heteroatoms. The second-order valence-electron chi connectivity index (χ2n) is 8.79. The molecule has 3 unspecified atom stereocenters. The molecular formula is C30H61NO3. The maximum absolute atomic E-state index is 9.52. The first kappa shape index (κ1) is 40.1. The quantitative estimate of drug-likeness (QED) is 0.270. The van der Waals surface area contributed by atoms with Gasteiger partial charge in [-0.2, -0.15) is 0 Å². The minimum absolute atomic E-state index is 0. The Kier molecular flexibility index (Phi) is 35.2. The molecule has 34 heavy (non-hydrogen) atoms. The van der Waals surface area contributed by atoms with Gasteiger partial charge in [-0.05, 0) is 75.9 Å². The minimum atomic E-state index is 0. The highest BCUT2D eigenvalue weighted by Crippen LogP contribution is 2.41. The minimum Gasteiger partial charge on any atom is -0.412 e. The van der Waals surface area contributed by atoms with Gasteiger partial charge in [-0.15, -0.1) is 0 Å². The summed E-state index contributed by atoms with van der Waals surface area (Å²) in [6.45, 7) is 12.8. The van der Waals surface area contributed by atoms with Crippen LogP contribution in [-0.2, 0) is 0 Å². The van der Waals surface area contributed by atoms with Gasteiger partial charge in [0, 0.05) is 5.57 Å². The van der Waals surface area contributed by atoms with E-state index in [0.29, 0.717) is 5.92 Å². The van der Waals surface area contributed by atoms with Crippen molar-refractivity contribution in [1.29, 1.82) is 0 Å². The summed E-state index contributed by atoms with van der Waals surface area (Å²) < 4.78 is 0. The third-order valence-corrected chi connectivity index (χ3v) is 6.01. The number of hydrogen-bond acceptors (Lipinski definition) is 2. The Labute approximate surface area is 213 Å². The number of nitrogens with one attached hydrogen (secondary N) is 1. The van der Waals surface area contributed by atoms with Crippen LogP contribution < -0.4 is 5.32 Å². The molecule has 2 saturated carbocycles. The number of unbranched alkanes of at least 4 members (excludes halogenated alkanes) is 3. The third-order valence-electron chi connectivity index (χ3n) is 6.01. The van der Waals surface area contributed by atoms with Crippen LogP contribution in [0.2, 0.25) is 0 Å². The Hall–Kier alpha value is -1.12. The zero-order valence-electron chi connectivity index (χ0n) is 22.5. The zero-order chi connectivity index (χ0) is 23.2. The van der Waals surface area contributed by atoms with E-state index in [1.54, 1.807) is 0 Å². The molecule has 3 atom stereocenters. The topological polar surface area (TPSA) is 95.3 Å². The molecule has 0 radical (unpaired) electrons. The lowest BCUT2D eigenvalue weighted by Crippen LogP contribution is -2.22. The molecule has 0 bridgehead atoms. The van der Waals surface area contributed by atoms with E-state index in [1.807, 2.05) is 26.0 Å². The van der Waals surface area contributed by atoms with E-state index in [2.05, 4.69) is 43.6 Å². The van der Waals surface area contributed by atoms with E-state index >= 15 is 0 Å². The number of aliphatic hydroxyl groups is 1. The standard InChI is InChI=1S/C15H23N.C9H16O.C3H8.C2H6.CH4.2H2O/c1-2-3-8-13-16-14-9-7-12-15-10-5-4-6-11-15;10-9-6-5-7-3-1-2-4-8(7)9;1-3-2;1-2;;;/h4-5,10,16H,2-3,7-9,12-14H2,1H3;7-10H,1-6H2;3H2,1-2H3;1-2H3;1H4;2*1H2. The van der Waals surface area contributed by atoms with E-state index in [0.717, 1.165) is 25.3 Å². The maximum Gasteiger partial charge on any atom is 0.0571 e. The van der Waals surface area contributed by atoms with E-state index in [4.69, 9.17) is 0 Å². The summed E-state index contributed by atoms with van der Waals surface area (Å²) in [5.41, 5.74) is 7.42. The average Bonchev–Trinajstić information content (AvgIpc) is 3.20. The number of rotatable bonds is 9. The molecule has 0 aromatic carbocycles.